The molecule has 1 aromatic carbocycles. The Morgan fingerprint density at radius 1 is 1.27 bits per heavy atom. The van der Waals surface area contributed by atoms with E-state index in [9.17, 15) is 8.78 Å². The molecule has 0 amide bonds. The van der Waals surface area contributed by atoms with E-state index in [-0.39, 0.29) is 5.69 Å². The molecule has 5 heteroatoms. The molecule has 0 unspecified atom stereocenters. The Labute approximate surface area is 93.7 Å². The fourth-order valence-electron chi connectivity index (χ4n) is 1.29. The molecule has 0 aliphatic heterocycles. The summed E-state index contributed by atoms with van der Waals surface area (Å²) < 4.78 is 28.1. The number of hydrogen-bond acceptors (Lipinski definition) is 1. The summed E-state index contributed by atoms with van der Waals surface area (Å²) in [6.45, 7) is 1.79. The van der Waals surface area contributed by atoms with E-state index in [0.717, 1.165) is 11.8 Å². The molecule has 1 heterocycles. The second kappa shape index (κ2) is 3.73. The number of hydrogen-bond donors (Lipinski definition) is 0. The van der Waals surface area contributed by atoms with Crippen LogP contribution < -0.4 is 0 Å². The number of nitrogens with zero attached hydrogens (tertiary/aromatic N) is 2. The van der Waals surface area contributed by atoms with Gasteiger partial charge in [-0.3, -0.25) is 0 Å². The molecule has 0 bridgehead atoms. The quantitative estimate of drug-likeness (QED) is 0.780. The predicted molar refractivity (Wildman–Crippen MR) is 55.9 cm³/mol. The van der Waals surface area contributed by atoms with Crippen LogP contribution in [0.4, 0.5) is 8.78 Å². The number of aromatic nitrogens is 2. The zero-order valence-corrected chi connectivity index (χ0v) is 9.42. The highest BCUT2D eigenvalue weighted by atomic mass is 79.9. The molecule has 2 aromatic rings. The lowest BCUT2D eigenvalue weighted by atomic mass is 10.3. The summed E-state index contributed by atoms with van der Waals surface area (Å²) in [6.07, 6.45) is 0. The predicted octanol–water partition coefficient (Wildman–Crippen LogP) is 3.22. The molecule has 0 aliphatic carbocycles. The van der Waals surface area contributed by atoms with Crippen molar-refractivity contribution in [2.75, 3.05) is 0 Å². The summed E-state index contributed by atoms with van der Waals surface area (Å²) in [4.78, 5) is 0. The van der Waals surface area contributed by atoms with Gasteiger partial charge in [0.2, 0.25) is 0 Å². The monoisotopic (exact) mass is 272 g/mol. The van der Waals surface area contributed by atoms with Gasteiger partial charge in [-0.25, -0.2) is 13.5 Å². The Kier molecular flexibility index (Phi) is 2.56. The zero-order chi connectivity index (χ0) is 11.0. The average molecular weight is 273 g/mol. The summed E-state index contributed by atoms with van der Waals surface area (Å²) in [5.41, 5.74) is 0.974. The Balaban J connectivity index is 2.59. The lowest BCUT2D eigenvalue weighted by molar-refractivity contribution is 0.572. The molecule has 2 nitrogen and oxygen atoms in total. The first-order chi connectivity index (χ1) is 7.08. The minimum Gasteiger partial charge on any atom is -0.223 e. The largest absolute Gasteiger partial charge is 0.223 e. The fraction of sp³-hybridized carbons (Fsp3) is 0.100. The average Bonchev–Trinajstić information content (AvgIpc) is 2.45. The van der Waals surface area contributed by atoms with Gasteiger partial charge in [-0.15, -0.1) is 0 Å². The number of benzene rings is 1. The molecule has 0 aliphatic rings. The standard InChI is InChI=1S/C10H7BrF2N2/c1-6-4-10(11)15(14-6)9-3-2-7(12)5-8(9)13/h2-5H,1H3. The van der Waals surface area contributed by atoms with Gasteiger partial charge in [-0.2, -0.15) is 5.10 Å². The van der Waals surface area contributed by atoms with E-state index in [1.165, 1.54) is 16.8 Å². The summed E-state index contributed by atoms with van der Waals surface area (Å²) in [5, 5.41) is 4.08. The van der Waals surface area contributed by atoms with Gasteiger partial charge in [0.15, 0.2) is 5.82 Å². The van der Waals surface area contributed by atoms with Gasteiger partial charge in [0.1, 0.15) is 16.1 Å². The number of halogens is 3. The van der Waals surface area contributed by atoms with Crippen molar-refractivity contribution in [3.8, 4) is 5.69 Å². The molecule has 0 spiro atoms. The summed E-state index contributed by atoms with van der Waals surface area (Å²) in [5.74, 6) is -1.24. The maximum Gasteiger partial charge on any atom is 0.151 e. The van der Waals surface area contributed by atoms with Crippen molar-refractivity contribution in [2.24, 2.45) is 0 Å². The van der Waals surface area contributed by atoms with E-state index in [1.54, 1.807) is 13.0 Å². The molecule has 1 aromatic heterocycles. The zero-order valence-electron chi connectivity index (χ0n) is 7.84. The van der Waals surface area contributed by atoms with Crippen LogP contribution in [0.5, 0.6) is 0 Å². The third kappa shape index (κ3) is 1.92. The van der Waals surface area contributed by atoms with E-state index < -0.39 is 11.6 Å². The van der Waals surface area contributed by atoms with Crippen LogP contribution in [0, 0.1) is 18.6 Å². The minimum absolute atomic E-state index is 0.219. The van der Waals surface area contributed by atoms with Gasteiger partial charge in [0.25, 0.3) is 0 Å². The molecular formula is C10H7BrF2N2. The van der Waals surface area contributed by atoms with Crippen molar-refractivity contribution >= 4 is 15.9 Å². The highest BCUT2D eigenvalue weighted by Crippen LogP contribution is 2.20. The molecule has 15 heavy (non-hydrogen) atoms. The fourth-order valence-corrected chi connectivity index (χ4v) is 1.89. The second-order valence-electron chi connectivity index (χ2n) is 3.12. The van der Waals surface area contributed by atoms with Crippen LogP contribution in [0.25, 0.3) is 5.69 Å². The van der Waals surface area contributed by atoms with Gasteiger partial charge in [-0.1, -0.05) is 0 Å². The van der Waals surface area contributed by atoms with Crippen molar-refractivity contribution in [3.63, 3.8) is 0 Å². The van der Waals surface area contributed by atoms with Crippen LogP contribution in [-0.2, 0) is 0 Å². The first kappa shape index (κ1) is 10.3. The Bertz CT molecular complexity index is 508. The number of rotatable bonds is 1. The maximum atomic E-state index is 13.4. The molecule has 0 fully saturated rings. The third-order valence-electron chi connectivity index (χ3n) is 1.93. The van der Waals surface area contributed by atoms with E-state index in [1.807, 2.05) is 0 Å². The second-order valence-corrected chi connectivity index (χ2v) is 3.93. The molecule has 0 N–H and O–H groups in total. The molecule has 0 saturated heterocycles. The highest BCUT2D eigenvalue weighted by molar-refractivity contribution is 9.10. The van der Waals surface area contributed by atoms with E-state index in [4.69, 9.17) is 0 Å². The van der Waals surface area contributed by atoms with E-state index in [2.05, 4.69) is 21.0 Å². The first-order valence-corrected chi connectivity index (χ1v) is 5.05. The minimum atomic E-state index is -0.640. The van der Waals surface area contributed by atoms with Gasteiger partial charge in [0, 0.05) is 6.07 Å². The van der Waals surface area contributed by atoms with Crippen molar-refractivity contribution in [1.82, 2.24) is 9.78 Å². The third-order valence-corrected chi connectivity index (χ3v) is 2.49. The summed E-state index contributed by atoms with van der Waals surface area (Å²) >= 11 is 3.25. The summed E-state index contributed by atoms with van der Waals surface area (Å²) in [7, 11) is 0. The Morgan fingerprint density at radius 2 is 2.00 bits per heavy atom. The highest BCUT2D eigenvalue weighted by Gasteiger charge is 2.10. The Morgan fingerprint density at radius 3 is 2.53 bits per heavy atom. The molecule has 78 valence electrons. The first-order valence-electron chi connectivity index (χ1n) is 4.25. The van der Waals surface area contributed by atoms with Gasteiger partial charge in [0.05, 0.1) is 5.69 Å². The van der Waals surface area contributed by atoms with Crippen LogP contribution in [0.15, 0.2) is 28.9 Å². The van der Waals surface area contributed by atoms with Crippen LogP contribution in [0.1, 0.15) is 5.69 Å². The van der Waals surface area contributed by atoms with Crippen molar-refractivity contribution in [1.29, 1.82) is 0 Å². The van der Waals surface area contributed by atoms with Gasteiger partial charge in [-0.05, 0) is 41.1 Å². The molecule has 0 saturated carbocycles. The lowest BCUT2D eigenvalue weighted by Crippen LogP contribution is -2.00. The molecule has 0 atom stereocenters. The van der Waals surface area contributed by atoms with E-state index in [0.29, 0.717) is 4.60 Å². The van der Waals surface area contributed by atoms with Crippen molar-refractivity contribution in [3.05, 3.63) is 46.2 Å². The molecule has 0 radical (unpaired) electrons. The van der Waals surface area contributed by atoms with Crippen LogP contribution >= 0.6 is 15.9 Å². The maximum absolute atomic E-state index is 13.4. The van der Waals surface area contributed by atoms with Gasteiger partial charge >= 0.3 is 0 Å². The molecular weight excluding hydrogens is 266 g/mol. The Hall–Kier alpha value is -1.23. The van der Waals surface area contributed by atoms with E-state index >= 15 is 0 Å². The van der Waals surface area contributed by atoms with Crippen molar-refractivity contribution < 1.29 is 8.78 Å². The van der Waals surface area contributed by atoms with Crippen LogP contribution in [-0.4, -0.2) is 9.78 Å². The van der Waals surface area contributed by atoms with Crippen LogP contribution in [0.3, 0.4) is 0 Å². The van der Waals surface area contributed by atoms with Gasteiger partial charge < -0.3 is 0 Å². The van der Waals surface area contributed by atoms with Crippen molar-refractivity contribution in [2.45, 2.75) is 6.92 Å². The summed E-state index contributed by atoms with van der Waals surface area (Å²) in [6, 6.07) is 5.13. The normalized spacial score (nSPS) is 10.7. The molecule has 2 rings (SSSR count). The smallest absolute Gasteiger partial charge is 0.151 e. The number of aryl methyl sites for hydroxylation is 1. The van der Waals surface area contributed by atoms with Crippen LogP contribution in [0.2, 0.25) is 0 Å². The SMILES string of the molecule is Cc1cc(Br)n(-c2ccc(F)cc2F)n1. The topological polar surface area (TPSA) is 17.8 Å². The lowest BCUT2D eigenvalue weighted by Gasteiger charge is -2.04.